The van der Waals surface area contributed by atoms with E-state index in [1.54, 1.807) is 24.3 Å². The lowest BCUT2D eigenvalue weighted by Crippen LogP contribution is -2.39. The second kappa shape index (κ2) is 14.0. The van der Waals surface area contributed by atoms with Crippen molar-refractivity contribution in [1.29, 1.82) is 0 Å². The number of para-hydroxylation sites is 1. The Hall–Kier alpha value is -2.79. The van der Waals surface area contributed by atoms with Crippen molar-refractivity contribution in [3.63, 3.8) is 0 Å². The zero-order valence-electron chi connectivity index (χ0n) is 21.8. The van der Waals surface area contributed by atoms with Crippen LogP contribution in [0.5, 0.6) is 0 Å². The minimum atomic E-state index is -3.45. The molecule has 0 radical (unpaired) electrons. The summed E-state index contributed by atoms with van der Waals surface area (Å²) in [4.78, 5) is 12.3. The minimum absolute atomic E-state index is 0. The monoisotopic (exact) mass is 554 g/mol. The second-order valence-electron chi connectivity index (χ2n) is 10.2. The molecule has 39 heavy (non-hydrogen) atoms. The largest absolute Gasteiger partial charge is 0.379 e. The molecule has 3 aromatic rings. The van der Waals surface area contributed by atoms with Gasteiger partial charge in [-0.25, -0.2) is 18.1 Å². The number of benzene rings is 2. The van der Waals surface area contributed by atoms with Gasteiger partial charge < -0.3 is 15.4 Å². The van der Waals surface area contributed by atoms with E-state index in [9.17, 15) is 8.42 Å². The number of hydrogen-bond acceptors (Lipinski definition) is 8. The number of sulfonamides is 1. The molecule has 1 aromatic heterocycles. The highest BCUT2D eigenvalue weighted by Crippen LogP contribution is 2.29. The summed E-state index contributed by atoms with van der Waals surface area (Å²) < 4.78 is 33.3. The lowest BCUT2D eigenvalue weighted by atomic mass is 9.82. The van der Waals surface area contributed by atoms with Gasteiger partial charge in [0.25, 0.3) is 0 Å². The van der Waals surface area contributed by atoms with Crippen LogP contribution in [-0.4, -0.2) is 75.8 Å². The first-order chi connectivity index (χ1) is 18.6. The van der Waals surface area contributed by atoms with Crippen LogP contribution in [0.4, 0.5) is 11.8 Å². The number of rotatable bonds is 11. The van der Waals surface area contributed by atoms with Crippen molar-refractivity contribution in [2.45, 2.75) is 38.0 Å². The Labute approximate surface area is 232 Å². The van der Waals surface area contributed by atoms with Crippen LogP contribution in [0, 0.1) is 11.8 Å². The molecule has 0 atom stereocenters. The smallest absolute Gasteiger partial charge is 0.240 e. The Morgan fingerprint density at radius 3 is 2.26 bits per heavy atom. The predicted octanol–water partition coefficient (Wildman–Crippen LogP) is 4.21. The molecule has 0 amide bonds. The quantitative estimate of drug-likeness (QED) is 0.324. The van der Waals surface area contributed by atoms with Gasteiger partial charge in [0.15, 0.2) is 0 Å². The van der Waals surface area contributed by atoms with E-state index in [0.717, 1.165) is 88.3 Å². The van der Waals surface area contributed by atoms with Gasteiger partial charge in [0, 0.05) is 44.7 Å². The molecule has 1 saturated heterocycles. The number of anilines is 2. The lowest BCUT2D eigenvalue weighted by Gasteiger charge is -2.28. The summed E-state index contributed by atoms with van der Waals surface area (Å²) in [6.07, 6.45) is 4.14. The third-order valence-corrected chi connectivity index (χ3v) is 9.00. The fourth-order valence-electron chi connectivity index (χ4n) is 5.23. The van der Waals surface area contributed by atoms with Gasteiger partial charge in [-0.05, 0) is 61.8 Å². The van der Waals surface area contributed by atoms with E-state index >= 15 is 0 Å². The van der Waals surface area contributed by atoms with E-state index in [4.69, 9.17) is 14.7 Å². The van der Waals surface area contributed by atoms with Crippen molar-refractivity contribution < 1.29 is 13.2 Å². The molecule has 1 aliphatic carbocycles. The van der Waals surface area contributed by atoms with Crippen LogP contribution in [0.25, 0.3) is 10.9 Å². The van der Waals surface area contributed by atoms with Crippen molar-refractivity contribution in [2.75, 3.05) is 63.1 Å². The van der Waals surface area contributed by atoms with E-state index in [1.165, 1.54) is 0 Å². The van der Waals surface area contributed by atoms with Crippen molar-refractivity contribution in [2.24, 2.45) is 11.8 Å². The van der Waals surface area contributed by atoms with Crippen LogP contribution in [0.3, 0.4) is 0 Å². The first kappa shape index (κ1) is 29.2. The van der Waals surface area contributed by atoms with Crippen LogP contribution in [0.1, 0.15) is 33.1 Å². The first-order valence-corrected chi connectivity index (χ1v) is 15.1. The summed E-state index contributed by atoms with van der Waals surface area (Å²) in [5.74, 6) is 2.39. The average Bonchev–Trinajstić information content (AvgIpc) is 2.96. The number of nitrogens with one attached hydrogen (secondary N) is 3. The number of fused-ring (bicyclic) bond motifs is 1. The predicted molar refractivity (Wildman–Crippen MR) is 158 cm³/mol. The van der Waals surface area contributed by atoms with E-state index in [1.807, 2.05) is 24.3 Å². The van der Waals surface area contributed by atoms with Crippen LogP contribution in [-0.2, 0) is 14.8 Å². The molecule has 10 heteroatoms. The molecule has 5 rings (SSSR count). The SMILES string of the molecule is C.O=S(=O)(NCC1CCC(CNc2nc(NCCN3CCOCC3)c3ccccc3n2)CC1)c1ccccc1. The van der Waals surface area contributed by atoms with Crippen LogP contribution >= 0.6 is 0 Å². The molecule has 2 aliphatic rings. The van der Waals surface area contributed by atoms with E-state index in [2.05, 4.69) is 26.3 Å². The Kier molecular flexibility index (Phi) is 10.5. The molecule has 1 saturated carbocycles. The zero-order chi connectivity index (χ0) is 26.2. The van der Waals surface area contributed by atoms with Gasteiger partial charge in [-0.15, -0.1) is 0 Å². The van der Waals surface area contributed by atoms with Gasteiger partial charge >= 0.3 is 0 Å². The van der Waals surface area contributed by atoms with Gasteiger partial charge in [-0.1, -0.05) is 37.8 Å². The normalized spacial score (nSPS) is 20.3. The number of nitrogens with zero attached hydrogens (tertiary/aromatic N) is 3. The van der Waals surface area contributed by atoms with Crippen LogP contribution in [0.15, 0.2) is 59.5 Å². The molecule has 2 aromatic carbocycles. The van der Waals surface area contributed by atoms with Gasteiger partial charge in [0.1, 0.15) is 5.82 Å². The summed E-state index contributed by atoms with van der Waals surface area (Å²) in [5.41, 5.74) is 0.924. The molecule has 2 heterocycles. The first-order valence-electron chi connectivity index (χ1n) is 13.7. The maximum Gasteiger partial charge on any atom is 0.240 e. The Morgan fingerprint density at radius 1 is 0.846 bits per heavy atom. The average molecular weight is 555 g/mol. The highest BCUT2D eigenvalue weighted by atomic mass is 32.2. The zero-order valence-corrected chi connectivity index (χ0v) is 22.6. The molecular formula is C29H42N6O3S. The fourth-order valence-corrected chi connectivity index (χ4v) is 6.37. The van der Waals surface area contributed by atoms with Crippen molar-refractivity contribution in [3.05, 3.63) is 54.6 Å². The van der Waals surface area contributed by atoms with E-state index in [0.29, 0.717) is 29.2 Å². The molecule has 1 aliphatic heterocycles. The highest BCUT2D eigenvalue weighted by Gasteiger charge is 2.23. The standard InChI is InChI=1S/C28H38N6O3S.CH4/c35-38(36,24-6-2-1-3-7-24)31-21-23-12-10-22(11-13-23)20-30-28-32-26-9-5-4-8-25(26)27(33-28)29-14-15-34-16-18-37-19-17-34;/h1-9,22-23,31H,10-21H2,(H2,29,30,32,33);1H4. The lowest BCUT2D eigenvalue weighted by molar-refractivity contribution is 0.0398. The van der Waals surface area contributed by atoms with Gasteiger partial charge in [0.2, 0.25) is 16.0 Å². The topological polar surface area (TPSA) is 108 Å². The molecule has 0 spiro atoms. The number of morpholine rings is 1. The molecule has 9 nitrogen and oxygen atoms in total. The van der Waals surface area contributed by atoms with Crippen molar-refractivity contribution >= 4 is 32.7 Å². The summed E-state index contributed by atoms with van der Waals surface area (Å²) in [7, 11) is -3.45. The maximum atomic E-state index is 12.5. The van der Waals surface area contributed by atoms with Crippen LogP contribution in [0.2, 0.25) is 0 Å². The van der Waals surface area contributed by atoms with Gasteiger partial charge in [-0.3, -0.25) is 4.90 Å². The van der Waals surface area contributed by atoms with Gasteiger partial charge in [-0.2, -0.15) is 4.98 Å². The van der Waals surface area contributed by atoms with E-state index in [-0.39, 0.29) is 7.43 Å². The molecule has 0 bridgehead atoms. The molecule has 2 fully saturated rings. The Bertz CT molecular complexity index is 1280. The molecule has 3 N–H and O–H groups in total. The maximum absolute atomic E-state index is 12.5. The van der Waals surface area contributed by atoms with Crippen LogP contribution < -0.4 is 15.4 Å². The Morgan fingerprint density at radius 2 is 1.51 bits per heavy atom. The summed E-state index contributed by atoms with van der Waals surface area (Å²) in [6, 6.07) is 16.7. The number of aromatic nitrogens is 2. The summed E-state index contributed by atoms with van der Waals surface area (Å²) >= 11 is 0. The number of hydrogen-bond donors (Lipinski definition) is 3. The molecule has 0 unspecified atom stereocenters. The highest BCUT2D eigenvalue weighted by molar-refractivity contribution is 7.89. The third-order valence-electron chi connectivity index (χ3n) is 7.56. The summed E-state index contributed by atoms with van der Waals surface area (Å²) in [6.45, 7) is 6.62. The molecular weight excluding hydrogens is 512 g/mol. The van der Waals surface area contributed by atoms with Crippen molar-refractivity contribution in [1.82, 2.24) is 19.6 Å². The Balaban J connectivity index is 0.00000353. The third kappa shape index (κ3) is 8.11. The summed E-state index contributed by atoms with van der Waals surface area (Å²) in [5, 5.41) is 8.03. The fraction of sp³-hybridized carbons (Fsp3) is 0.517. The van der Waals surface area contributed by atoms with Gasteiger partial charge in [0.05, 0.1) is 23.6 Å². The molecule has 212 valence electrons. The van der Waals surface area contributed by atoms with Crippen molar-refractivity contribution in [3.8, 4) is 0 Å². The number of ether oxygens (including phenoxy) is 1. The minimum Gasteiger partial charge on any atom is -0.379 e. The van der Waals surface area contributed by atoms with E-state index < -0.39 is 10.0 Å². The second-order valence-corrected chi connectivity index (χ2v) is 12.0.